The van der Waals surface area contributed by atoms with Crippen LogP contribution in [0, 0.1) is 0 Å². The molecule has 1 aromatic rings. The zero-order valence-electron chi connectivity index (χ0n) is 9.49. The minimum absolute atomic E-state index is 0.487. The molecule has 0 heterocycles. The Morgan fingerprint density at radius 3 is 2.88 bits per heavy atom. The minimum Gasteiger partial charge on any atom is -0.480 e. The third-order valence-corrected chi connectivity index (χ3v) is 3.15. The predicted molar refractivity (Wildman–Crippen MR) is 63.8 cm³/mol. The molecular formula is C13H17NO2. The van der Waals surface area contributed by atoms with Gasteiger partial charge < -0.3 is 10.4 Å². The molecule has 1 aliphatic carbocycles. The molecule has 1 unspecified atom stereocenters. The number of aliphatic carboxylic acids is 1. The normalized spacial score (nSPS) is 15.6. The first-order valence-corrected chi connectivity index (χ1v) is 5.82. The molecule has 0 amide bonds. The van der Waals surface area contributed by atoms with E-state index in [0.29, 0.717) is 6.42 Å². The van der Waals surface area contributed by atoms with Crippen LogP contribution in [0.25, 0.3) is 0 Å². The summed E-state index contributed by atoms with van der Waals surface area (Å²) in [5.41, 5.74) is 3.70. The predicted octanol–water partition coefficient (Wildman–Crippen LogP) is 2.45. The van der Waals surface area contributed by atoms with Crippen molar-refractivity contribution in [2.45, 2.75) is 38.6 Å². The fraction of sp³-hybridized carbons (Fsp3) is 0.462. The number of rotatable bonds is 4. The molecule has 16 heavy (non-hydrogen) atoms. The summed E-state index contributed by atoms with van der Waals surface area (Å²) in [4.78, 5) is 10.9. The van der Waals surface area contributed by atoms with Gasteiger partial charge in [0.25, 0.3) is 0 Å². The molecule has 0 spiro atoms. The topological polar surface area (TPSA) is 49.3 Å². The van der Waals surface area contributed by atoms with Gasteiger partial charge >= 0.3 is 5.97 Å². The summed E-state index contributed by atoms with van der Waals surface area (Å²) in [5.74, 6) is -0.789. The standard InChI is InChI=1S/C13H17NO2/c1-2-12(13(15)16)14-11-7-6-9-4-3-5-10(9)8-11/h6-8,12,14H,2-5H2,1H3,(H,15,16). The van der Waals surface area contributed by atoms with Gasteiger partial charge in [-0.1, -0.05) is 13.0 Å². The fourth-order valence-corrected chi connectivity index (χ4v) is 2.20. The molecule has 1 aromatic carbocycles. The summed E-state index contributed by atoms with van der Waals surface area (Å²) in [6.07, 6.45) is 4.09. The van der Waals surface area contributed by atoms with Gasteiger partial charge in [-0.25, -0.2) is 4.79 Å². The smallest absolute Gasteiger partial charge is 0.326 e. The second-order valence-electron chi connectivity index (χ2n) is 4.28. The highest BCUT2D eigenvalue weighted by molar-refractivity contribution is 5.77. The number of benzene rings is 1. The van der Waals surface area contributed by atoms with E-state index in [2.05, 4.69) is 17.4 Å². The van der Waals surface area contributed by atoms with Crippen molar-refractivity contribution in [3.05, 3.63) is 29.3 Å². The summed E-state index contributed by atoms with van der Waals surface area (Å²) in [7, 11) is 0. The van der Waals surface area contributed by atoms with E-state index in [0.717, 1.165) is 18.5 Å². The Kier molecular flexibility index (Phi) is 3.13. The third kappa shape index (κ3) is 2.18. The van der Waals surface area contributed by atoms with Gasteiger partial charge in [-0.2, -0.15) is 0 Å². The quantitative estimate of drug-likeness (QED) is 0.817. The first-order chi connectivity index (χ1) is 7.70. The van der Waals surface area contributed by atoms with E-state index in [-0.39, 0.29) is 0 Å². The highest BCUT2D eigenvalue weighted by Gasteiger charge is 2.16. The average molecular weight is 219 g/mol. The molecule has 1 atom stereocenters. The van der Waals surface area contributed by atoms with E-state index < -0.39 is 12.0 Å². The molecule has 0 saturated carbocycles. The second-order valence-corrected chi connectivity index (χ2v) is 4.28. The van der Waals surface area contributed by atoms with Crippen molar-refractivity contribution in [1.82, 2.24) is 0 Å². The van der Waals surface area contributed by atoms with Crippen molar-refractivity contribution in [2.24, 2.45) is 0 Å². The van der Waals surface area contributed by atoms with Crippen LogP contribution in [-0.4, -0.2) is 17.1 Å². The molecule has 0 saturated heterocycles. The Morgan fingerprint density at radius 2 is 2.19 bits per heavy atom. The Labute approximate surface area is 95.5 Å². The molecule has 2 N–H and O–H groups in total. The van der Waals surface area contributed by atoms with Crippen molar-refractivity contribution in [3.8, 4) is 0 Å². The highest BCUT2D eigenvalue weighted by atomic mass is 16.4. The highest BCUT2D eigenvalue weighted by Crippen LogP contribution is 2.25. The van der Waals surface area contributed by atoms with Crippen LogP contribution in [-0.2, 0) is 17.6 Å². The Balaban J connectivity index is 2.13. The number of carbonyl (C=O) groups is 1. The third-order valence-electron chi connectivity index (χ3n) is 3.15. The molecular weight excluding hydrogens is 202 g/mol. The van der Waals surface area contributed by atoms with Crippen LogP contribution < -0.4 is 5.32 Å². The zero-order valence-corrected chi connectivity index (χ0v) is 9.49. The fourth-order valence-electron chi connectivity index (χ4n) is 2.20. The molecule has 2 rings (SSSR count). The molecule has 0 bridgehead atoms. The summed E-state index contributed by atoms with van der Waals surface area (Å²) >= 11 is 0. The molecule has 3 heteroatoms. The lowest BCUT2D eigenvalue weighted by Crippen LogP contribution is -2.28. The van der Waals surface area contributed by atoms with E-state index in [1.54, 1.807) is 0 Å². The first kappa shape index (κ1) is 11.0. The van der Waals surface area contributed by atoms with Crippen LogP contribution in [0.4, 0.5) is 5.69 Å². The van der Waals surface area contributed by atoms with Gasteiger partial charge in [0.2, 0.25) is 0 Å². The Morgan fingerprint density at radius 1 is 1.44 bits per heavy atom. The van der Waals surface area contributed by atoms with Crippen LogP contribution in [0.15, 0.2) is 18.2 Å². The maximum Gasteiger partial charge on any atom is 0.326 e. The van der Waals surface area contributed by atoms with E-state index in [1.165, 1.54) is 17.5 Å². The number of nitrogens with one attached hydrogen (secondary N) is 1. The van der Waals surface area contributed by atoms with Gasteiger partial charge in [-0.05, 0) is 48.9 Å². The lowest BCUT2D eigenvalue weighted by atomic mass is 10.1. The Bertz CT molecular complexity index is 401. The van der Waals surface area contributed by atoms with Gasteiger partial charge in [-0.3, -0.25) is 0 Å². The van der Waals surface area contributed by atoms with Gasteiger partial charge in [0.15, 0.2) is 0 Å². The second kappa shape index (κ2) is 4.56. The van der Waals surface area contributed by atoms with Crippen LogP contribution in [0.1, 0.15) is 30.9 Å². The Hall–Kier alpha value is -1.51. The molecule has 0 radical (unpaired) electrons. The van der Waals surface area contributed by atoms with E-state index >= 15 is 0 Å². The van der Waals surface area contributed by atoms with Crippen LogP contribution in [0.5, 0.6) is 0 Å². The van der Waals surface area contributed by atoms with Crippen LogP contribution in [0.2, 0.25) is 0 Å². The molecule has 0 fully saturated rings. The van der Waals surface area contributed by atoms with Crippen molar-refractivity contribution in [2.75, 3.05) is 5.32 Å². The summed E-state index contributed by atoms with van der Waals surface area (Å²) in [6.45, 7) is 1.87. The van der Waals surface area contributed by atoms with Gasteiger partial charge in [0.1, 0.15) is 6.04 Å². The minimum atomic E-state index is -0.789. The van der Waals surface area contributed by atoms with Crippen molar-refractivity contribution in [1.29, 1.82) is 0 Å². The van der Waals surface area contributed by atoms with Gasteiger partial charge in [0, 0.05) is 5.69 Å². The number of hydrogen-bond donors (Lipinski definition) is 2. The van der Waals surface area contributed by atoms with Crippen molar-refractivity contribution < 1.29 is 9.90 Å². The maximum atomic E-state index is 10.9. The number of hydrogen-bond acceptors (Lipinski definition) is 2. The van der Waals surface area contributed by atoms with E-state index in [4.69, 9.17) is 5.11 Å². The molecule has 86 valence electrons. The van der Waals surface area contributed by atoms with Crippen LogP contribution in [0.3, 0.4) is 0 Å². The van der Waals surface area contributed by atoms with Crippen molar-refractivity contribution in [3.63, 3.8) is 0 Å². The van der Waals surface area contributed by atoms with Crippen molar-refractivity contribution >= 4 is 11.7 Å². The number of fused-ring (bicyclic) bond motifs is 1. The van der Waals surface area contributed by atoms with Gasteiger partial charge in [0.05, 0.1) is 0 Å². The zero-order chi connectivity index (χ0) is 11.5. The first-order valence-electron chi connectivity index (χ1n) is 5.82. The molecule has 0 aliphatic heterocycles. The SMILES string of the molecule is CCC(Nc1ccc2c(c1)CCC2)C(=O)O. The van der Waals surface area contributed by atoms with Gasteiger partial charge in [-0.15, -0.1) is 0 Å². The van der Waals surface area contributed by atoms with E-state index in [1.807, 2.05) is 13.0 Å². The summed E-state index contributed by atoms with van der Waals surface area (Å²) in [5, 5.41) is 12.0. The lowest BCUT2D eigenvalue weighted by Gasteiger charge is -2.14. The monoisotopic (exact) mass is 219 g/mol. The number of aryl methyl sites for hydroxylation is 2. The summed E-state index contributed by atoms with van der Waals surface area (Å²) in [6, 6.07) is 5.70. The number of anilines is 1. The summed E-state index contributed by atoms with van der Waals surface area (Å²) < 4.78 is 0. The molecule has 3 nitrogen and oxygen atoms in total. The lowest BCUT2D eigenvalue weighted by molar-refractivity contribution is -0.137. The molecule has 1 aliphatic rings. The largest absolute Gasteiger partial charge is 0.480 e. The number of carboxylic acids is 1. The van der Waals surface area contributed by atoms with Crippen LogP contribution >= 0.6 is 0 Å². The average Bonchev–Trinajstić information content (AvgIpc) is 2.72. The maximum absolute atomic E-state index is 10.9. The molecule has 0 aromatic heterocycles. The number of carboxylic acid groups (broad SMARTS) is 1. The van der Waals surface area contributed by atoms with E-state index in [9.17, 15) is 4.79 Å².